The number of phosphoric acid groups is 1. The molecule has 9 nitrogen and oxygen atoms in total. The third kappa shape index (κ3) is 24.8. The summed E-state index contributed by atoms with van der Waals surface area (Å²) in [6.07, 6.45) is 21.3. The third-order valence-corrected chi connectivity index (χ3v) is 6.56. The zero-order chi connectivity index (χ0) is 28.3. The summed E-state index contributed by atoms with van der Waals surface area (Å²) in [5, 5.41) is 0. The summed E-state index contributed by atoms with van der Waals surface area (Å²) in [6, 6.07) is 0. The Labute approximate surface area is 230 Å². The monoisotopic (exact) mass is 561 g/mol. The highest BCUT2D eigenvalue weighted by molar-refractivity contribution is 7.47. The van der Waals surface area contributed by atoms with Crippen LogP contribution in [0.1, 0.15) is 110 Å². The average molecular weight is 562 g/mol. The topological polar surface area (TPSA) is 134 Å². The summed E-state index contributed by atoms with van der Waals surface area (Å²) in [5.41, 5.74) is 5.28. The molecule has 0 bridgehead atoms. The number of unbranched alkanes of at least 4 members (excludes halogenated alkanes) is 9. The molecule has 38 heavy (non-hydrogen) atoms. The first-order valence-corrected chi connectivity index (χ1v) is 15.8. The van der Waals surface area contributed by atoms with E-state index in [2.05, 4.69) is 38.2 Å². The number of hydrogen-bond donors (Lipinski definition) is 2. The second-order valence-electron chi connectivity index (χ2n) is 9.27. The van der Waals surface area contributed by atoms with Crippen molar-refractivity contribution >= 4 is 19.8 Å². The molecule has 0 radical (unpaired) electrons. The Morgan fingerprint density at radius 1 is 0.789 bits per heavy atom. The van der Waals surface area contributed by atoms with Crippen LogP contribution >= 0.6 is 7.82 Å². The van der Waals surface area contributed by atoms with Gasteiger partial charge in [-0.3, -0.25) is 18.6 Å². The van der Waals surface area contributed by atoms with Crippen LogP contribution in [0.15, 0.2) is 24.3 Å². The van der Waals surface area contributed by atoms with Crippen molar-refractivity contribution in [1.29, 1.82) is 0 Å². The van der Waals surface area contributed by atoms with Crippen molar-refractivity contribution in [3.8, 4) is 0 Å². The van der Waals surface area contributed by atoms with Gasteiger partial charge in [-0.2, -0.15) is 0 Å². The zero-order valence-corrected chi connectivity index (χ0v) is 24.5. The van der Waals surface area contributed by atoms with Gasteiger partial charge < -0.3 is 20.1 Å². The van der Waals surface area contributed by atoms with Crippen molar-refractivity contribution in [1.82, 2.24) is 0 Å². The van der Waals surface area contributed by atoms with Crippen molar-refractivity contribution in [2.75, 3.05) is 26.4 Å². The van der Waals surface area contributed by atoms with Crippen LogP contribution in [0.25, 0.3) is 0 Å². The summed E-state index contributed by atoms with van der Waals surface area (Å²) >= 11 is 0. The van der Waals surface area contributed by atoms with Crippen molar-refractivity contribution < 1.29 is 37.6 Å². The van der Waals surface area contributed by atoms with Gasteiger partial charge in [0.2, 0.25) is 0 Å². The molecule has 2 atom stereocenters. The van der Waals surface area contributed by atoms with Crippen LogP contribution in [0.5, 0.6) is 0 Å². The molecule has 3 N–H and O–H groups in total. The fourth-order valence-corrected chi connectivity index (χ4v) is 4.20. The van der Waals surface area contributed by atoms with Crippen LogP contribution in [0, 0.1) is 0 Å². The minimum atomic E-state index is -4.35. The first-order chi connectivity index (χ1) is 18.3. The van der Waals surface area contributed by atoms with Crippen molar-refractivity contribution in [3.63, 3.8) is 0 Å². The molecule has 0 aliphatic rings. The Morgan fingerprint density at radius 3 is 2.11 bits per heavy atom. The maximum Gasteiger partial charge on any atom is 0.472 e. The molecule has 10 heteroatoms. The molecule has 0 fully saturated rings. The minimum Gasteiger partial charge on any atom is -0.462 e. The Bertz CT molecular complexity index is 698. The highest BCUT2D eigenvalue weighted by atomic mass is 31.2. The fourth-order valence-electron chi connectivity index (χ4n) is 3.43. The molecular weight excluding hydrogens is 509 g/mol. The SMILES string of the molecule is CCC/C=C\C/C=C\CCCCCCCC(=O)OC(COC(=O)CCCCCC)COP(=O)(O)OCCN. The highest BCUT2D eigenvalue weighted by Crippen LogP contribution is 2.43. The van der Waals surface area contributed by atoms with Crippen LogP contribution in [-0.4, -0.2) is 49.3 Å². The van der Waals surface area contributed by atoms with E-state index in [9.17, 15) is 19.0 Å². The number of rotatable bonds is 26. The number of nitrogens with two attached hydrogens (primary N) is 1. The molecule has 0 saturated carbocycles. The van der Waals surface area contributed by atoms with Crippen molar-refractivity contribution in [2.24, 2.45) is 5.73 Å². The van der Waals surface area contributed by atoms with Crippen LogP contribution in [0.3, 0.4) is 0 Å². The lowest BCUT2D eigenvalue weighted by Crippen LogP contribution is -2.29. The smallest absolute Gasteiger partial charge is 0.462 e. The summed E-state index contributed by atoms with van der Waals surface area (Å²) in [6.45, 7) is 3.46. The molecule has 0 aromatic carbocycles. The van der Waals surface area contributed by atoms with E-state index in [0.29, 0.717) is 6.42 Å². The van der Waals surface area contributed by atoms with Gasteiger partial charge >= 0.3 is 19.8 Å². The highest BCUT2D eigenvalue weighted by Gasteiger charge is 2.25. The van der Waals surface area contributed by atoms with E-state index in [1.807, 2.05) is 0 Å². The maximum absolute atomic E-state index is 12.3. The predicted octanol–water partition coefficient (Wildman–Crippen LogP) is 6.54. The number of carbonyl (C=O) groups excluding carboxylic acids is 2. The molecule has 0 saturated heterocycles. The second-order valence-corrected chi connectivity index (χ2v) is 10.7. The molecule has 0 aliphatic heterocycles. The van der Waals surface area contributed by atoms with Crippen LogP contribution in [0.4, 0.5) is 0 Å². The van der Waals surface area contributed by atoms with E-state index in [-0.39, 0.29) is 32.6 Å². The molecule has 0 aromatic heterocycles. The molecule has 0 aliphatic carbocycles. The van der Waals surface area contributed by atoms with Crippen molar-refractivity contribution in [3.05, 3.63) is 24.3 Å². The Balaban J connectivity index is 4.31. The van der Waals surface area contributed by atoms with E-state index >= 15 is 0 Å². The van der Waals surface area contributed by atoms with Gasteiger partial charge in [-0.15, -0.1) is 0 Å². The predicted molar refractivity (Wildman–Crippen MR) is 151 cm³/mol. The van der Waals surface area contributed by atoms with Gasteiger partial charge in [-0.1, -0.05) is 83.1 Å². The molecule has 0 heterocycles. The van der Waals surface area contributed by atoms with E-state index in [1.54, 1.807) is 0 Å². The van der Waals surface area contributed by atoms with Gasteiger partial charge in [-0.25, -0.2) is 4.57 Å². The maximum atomic E-state index is 12.3. The fraction of sp³-hybridized carbons (Fsp3) is 0.786. The van der Waals surface area contributed by atoms with Gasteiger partial charge in [0.15, 0.2) is 6.10 Å². The van der Waals surface area contributed by atoms with Gasteiger partial charge in [0.25, 0.3) is 0 Å². The minimum absolute atomic E-state index is 0.0510. The summed E-state index contributed by atoms with van der Waals surface area (Å²) in [7, 11) is -4.35. The number of ether oxygens (including phenoxy) is 2. The van der Waals surface area contributed by atoms with Crippen LogP contribution < -0.4 is 5.73 Å². The zero-order valence-electron chi connectivity index (χ0n) is 23.7. The Hall–Kier alpha value is -1.51. The summed E-state index contributed by atoms with van der Waals surface area (Å²) in [5.74, 6) is -0.871. The van der Waals surface area contributed by atoms with Gasteiger partial charge in [0.1, 0.15) is 6.61 Å². The number of phosphoric ester groups is 1. The van der Waals surface area contributed by atoms with Gasteiger partial charge in [0, 0.05) is 19.4 Å². The second kappa shape index (κ2) is 25.8. The molecule has 222 valence electrons. The van der Waals surface area contributed by atoms with Crippen LogP contribution in [0.2, 0.25) is 0 Å². The number of hydrogen-bond acceptors (Lipinski definition) is 8. The molecule has 0 amide bonds. The lowest BCUT2D eigenvalue weighted by atomic mass is 10.1. The first kappa shape index (κ1) is 36.5. The Kier molecular flexibility index (Phi) is 24.7. The van der Waals surface area contributed by atoms with E-state index < -0.39 is 32.5 Å². The summed E-state index contributed by atoms with van der Waals surface area (Å²) in [4.78, 5) is 34.0. The van der Waals surface area contributed by atoms with Gasteiger partial charge in [-0.05, 0) is 38.5 Å². The van der Waals surface area contributed by atoms with Crippen LogP contribution in [-0.2, 0) is 32.7 Å². The summed E-state index contributed by atoms with van der Waals surface area (Å²) < 4.78 is 32.1. The van der Waals surface area contributed by atoms with E-state index in [4.69, 9.17) is 24.3 Å². The molecule has 2 unspecified atom stereocenters. The molecule has 0 spiro atoms. The number of esters is 2. The third-order valence-electron chi connectivity index (χ3n) is 5.57. The van der Waals surface area contributed by atoms with Gasteiger partial charge in [0.05, 0.1) is 13.2 Å². The number of allylic oxidation sites excluding steroid dienone is 4. The number of carbonyl (C=O) groups is 2. The average Bonchev–Trinajstić information content (AvgIpc) is 2.89. The lowest BCUT2D eigenvalue weighted by Gasteiger charge is -2.19. The quantitative estimate of drug-likeness (QED) is 0.0522. The van der Waals surface area contributed by atoms with E-state index in [0.717, 1.165) is 70.6 Å². The Morgan fingerprint density at radius 2 is 1.42 bits per heavy atom. The molecule has 0 aromatic rings. The normalized spacial score (nSPS) is 14.1. The largest absolute Gasteiger partial charge is 0.472 e. The first-order valence-electron chi connectivity index (χ1n) is 14.3. The standard InChI is InChI=1S/C28H52NO8P/c1-3-5-7-9-10-11-12-13-14-15-16-17-19-21-28(31)37-26(25-36-38(32,33)35-23-22-29)24-34-27(30)20-18-8-6-4-2/h7,9,11-12,26H,3-6,8,10,13-25,29H2,1-2H3,(H,32,33)/b9-7-,12-11-. The molecular formula is C28H52NO8P. The molecule has 0 rings (SSSR count). The van der Waals surface area contributed by atoms with E-state index in [1.165, 1.54) is 6.42 Å². The lowest BCUT2D eigenvalue weighted by molar-refractivity contribution is -0.161. The van der Waals surface area contributed by atoms with Crippen molar-refractivity contribution in [2.45, 2.75) is 116 Å².